The average molecular weight is 281 g/mol. The van der Waals surface area contributed by atoms with E-state index in [0.29, 0.717) is 5.69 Å². The fourth-order valence-electron chi connectivity index (χ4n) is 1.58. The Morgan fingerprint density at radius 3 is 2.68 bits per heavy atom. The summed E-state index contributed by atoms with van der Waals surface area (Å²) in [5.41, 5.74) is 6.09. The first kappa shape index (κ1) is 13.2. The van der Waals surface area contributed by atoms with E-state index in [9.17, 15) is 9.18 Å². The molecule has 0 saturated heterocycles. The third kappa shape index (κ3) is 2.77. The maximum atomic E-state index is 13.6. The highest BCUT2D eigenvalue weighted by atomic mass is 35.5. The summed E-state index contributed by atoms with van der Waals surface area (Å²) in [6.07, 6.45) is 0. The fraction of sp³-hybridized carbons (Fsp3) is 0. The number of nitrogens with two attached hydrogens (primary N) is 1. The van der Waals surface area contributed by atoms with Crippen LogP contribution < -0.4 is 11.1 Å². The van der Waals surface area contributed by atoms with Gasteiger partial charge < -0.3 is 16.2 Å². The molecule has 0 radical (unpaired) electrons. The number of carbonyl (C=O) groups is 1. The second-order valence-corrected chi connectivity index (χ2v) is 4.24. The number of para-hydroxylation sites is 1. The van der Waals surface area contributed by atoms with Crippen LogP contribution in [-0.4, -0.2) is 11.1 Å². The molecule has 0 amide bonds. The van der Waals surface area contributed by atoms with Gasteiger partial charge >= 0.3 is 5.97 Å². The molecule has 4 nitrogen and oxygen atoms in total. The maximum absolute atomic E-state index is 13.6. The number of anilines is 3. The molecule has 6 heteroatoms. The smallest absolute Gasteiger partial charge is 0.337 e. The molecule has 98 valence electrons. The third-order valence-electron chi connectivity index (χ3n) is 2.52. The van der Waals surface area contributed by atoms with E-state index in [1.165, 1.54) is 30.3 Å². The summed E-state index contributed by atoms with van der Waals surface area (Å²) >= 11 is 5.87. The van der Waals surface area contributed by atoms with E-state index in [1.54, 1.807) is 6.07 Å². The molecule has 2 rings (SSSR count). The van der Waals surface area contributed by atoms with Crippen molar-refractivity contribution in [1.29, 1.82) is 0 Å². The minimum Gasteiger partial charge on any atom is -0.478 e. The van der Waals surface area contributed by atoms with Crippen LogP contribution in [0.2, 0.25) is 5.02 Å². The molecule has 0 aliphatic rings. The van der Waals surface area contributed by atoms with Crippen LogP contribution >= 0.6 is 11.6 Å². The Morgan fingerprint density at radius 1 is 1.32 bits per heavy atom. The highest BCUT2D eigenvalue weighted by Gasteiger charge is 2.11. The van der Waals surface area contributed by atoms with Crippen LogP contribution in [0.5, 0.6) is 0 Å². The minimum atomic E-state index is -1.15. The molecule has 0 aromatic heterocycles. The Labute approximate surface area is 113 Å². The van der Waals surface area contributed by atoms with Crippen molar-refractivity contribution in [3.63, 3.8) is 0 Å². The predicted octanol–water partition coefficient (Wildman–Crippen LogP) is 3.50. The summed E-state index contributed by atoms with van der Waals surface area (Å²) in [5, 5.41) is 11.9. The molecule has 2 aromatic carbocycles. The third-order valence-corrected chi connectivity index (χ3v) is 2.83. The van der Waals surface area contributed by atoms with Gasteiger partial charge in [-0.25, -0.2) is 9.18 Å². The zero-order valence-corrected chi connectivity index (χ0v) is 10.4. The summed E-state index contributed by atoms with van der Waals surface area (Å²) in [6.45, 7) is 0. The van der Waals surface area contributed by atoms with E-state index < -0.39 is 11.8 Å². The number of hydrogen-bond acceptors (Lipinski definition) is 3. The Bertz CT molecular complexity index is 626. The van der Waals surface area contributed by atoms with Gasteiger partial charge in [0.05, 0.1) is 16.3 Å². The molecule has 19 heavy (non-hydrogen) atoms. The molecule has 0 atom stereocenters. The molecule has 0 spiro atoms. The first-order valence-electron chi connectivity index (χ1n) is 5.33. The molecule has 0 saturated carbocycles. The van der Waals surface area contributed by atoms with Gasteiger partial charge in [0.25, 0.3) is 0 Å². The number of rotatable bonds is 3. The van der Waals surface area contributed by atoms with E-state index in [4.69, 9.17) is 22.4 Å². The highest BCUT2D eigenvalue weighted by Crippen LogP contribution is 2.29. The van der Waals surface area contributed by atoms with Gasteiger partial charge in [-0.15, -0.1) is 0 Å². The number of carboxylic acid groups (broad SMARTS) is 1. The summed E-state index contributed by atoms with van der Waals surface area (Å²) < 4.78 is 13.6. The number of carboxylic acids is 1. The highest BCUT2D eigenvalue weighted by molar-refractivity contribution is 6.33. The number of hydrogen-bond donors (Lipinski definition) is 3. The molecule has 0 aliphatic carbocycles. The van der Waals surface area contributed by atoms with Gasteiger partial charge in [-0.1, -0.05) is 17.7 Å². The predicted molar refractivity (Wildman–Crippen MR) is 72.5 cm³/mol. The van der Waals surface area contributed by atoms with Crippen molar-refractivity contribution in [3.8, 4) is 0 Å². The zero-order chi connectivity index (χ0) is 14.0. The van der Waals surface area contributed by atoms with Crippen LogP contribution in [0.4, 0.5) is 21.5 Å². The van der Waals surface area contributed by atoms with E-state index in [2.05, 4.69) is 5.32 Å². The molecular weight excluding hydrogens is 271 g/mol. The summed E-state index contributed by atoms with van der Waals surface area (Å²) in [5.74, 6) is -1.68. The summed E-state index contributed by atoms with van der Waals surface area (Å²) in [6, 6.07) is 8.56. The fourth-order valence-corrected chi connectivity index (χ4v) is 1.79. The lowest BCUT2D eigenvalue weighted by molar-refractivity contribution is 0.0698. The average Bonchev–Trinajstić information content (AvgIpc) is 2.35. The molecule has 0 bridgehead atoms. The molecule has 2 aromatic rings. The lowest BCUT2D eigenvalue weighted by Gasteiger charge is -2.11. The molecular formula is C13H10ClFN2O2. The van der Waals surface area contributed by atoms with Crippen LogP contribution in [0.1, 0.15) is 10.4 Å². The lowest BCUT2D eigenvalue weighted by atomic mass is 10.1. The molecule has 0 heterocycles. The first-order chi connectivity index (χ1) is 8.99. The lowest BCUT2D eigenvalue weighted by Crippen LogP contribution is -2.03. The molecule has 0 unspecified atom stereocenters. The number of nitrogens with one attached hydrogen (secondary N) is 1. The summed E-state index contributed by atoms with van der Waals surface area (Å²) in [7, 11) is 0. The van der Waals surface area contributed by atoms with Crippen LogP contribution in [0.3, 0.4) is 0 Å². The van der Waals surface area contributed by atoms with Crippen molar-refractivity contribution in [1.82, 2.24) is 0 Å². The van der Waals surface area contributed by atoms with Crippen LogP contribution in [-0.2, 0) is 0 Å². The topological polar surface area (TPSA) is 75.3 Å². The summed E-state index contributed by atoms with van der Waals surface area (Å²) in [4.78, 5) is 11.0. The Morgan fingerprint density at radius 2 is 2.05 bits per heavy atom. The second kappa shape index (κ2) is 5.16. The number of aromatic carboxylic acids is 1. The standard InChI is InChI=1S/C13H10ClFN2O2/c14-9-2-1-3-10(15)12(9)17-7-4-5-11(16)8(6-7)13(18)19/h1-6,17H,16H2,(H,18,19). The van der Waals surface area contributed by atoms with Crippen molar-refractivity contribution < 1.29 is 14.3 Å². The van der Waals surface area contributed by atoms with Gasteiger partial charge in [-0.2, -0.15) is 0 Å². The number of nitrogen functional groups attached to an aromatic ring is 1. The number of halogens is 2. The first-order valence-corrected chi connectivity index (χ1v) is 5.70. The van der Waals surface area contributed by atoms with E-state index in [0.717, 1.165) is 0 Å². The van der Waals surface area contributed by atoms with E-state index in [-0.39, 0.29) is 22.0 Å². The Kier molecular flexibility index (Phi) is 3.57. The second-order valence-electron chi connectivity index (χ2n) is 3.83. The Balaban J connectivity index is 2.39. The van der Waals surface area contributed by atoms with Crippen LogP contribution in [0, 0.1) is 5.82 Å². The van der Waals surface area contributed by atoms with Crippen molar-refractivity contribution in [2.24, 2.45) is 0 Å². The number of benzene rings is 2. The maximum Gasteiger partial charge on any atom is 0.337 e. The molecule has 0 aliphatic heterocycles. The van der Waals surface area contributed by atoms with Crippen LogP contribution in [0.25, 0.3) is 0 Å². The van der Waals surface area contributed by atoms with E-state index in [1.807, 2.05) is 0 Å². The normalized spacial score (nSPS) is 10.2. The minimum absolute atomic E-state index is 0.0579. The van der Waals surface area contributed by atoms with Crippen LogP contribution in [0.15, 0.2) is 36.4 Å². The SMILES string of the molecule is Nc1ccc(Nc2c(F)cccc2Cl)cc1C(=O)O. The van der Waals surface area contributed by atoms with Crippen molar-refractivity contribution >= 4 is 34.6 Å². The van der Waals surface area contributed by atoms with Gasteiger partial charge in [-0.05, 0) is 30.3 Å². The monoisotopic (exact) mass is 280 g/mol. The van der Waals surface area contributed by atoms with Gasteiger partial charge in [0.2, 0.25) is 0 Å². The zero-order valence-electron chi connectivity index (χ0n) is 9.65. The molecule has 0 fully saturated rings. The van der Waals surface area contributed by atoms with Gasteiger partial charge in [0.15, 0.2) is 0 Å². The van der Waals surface area contributed by atoms with Gasteiger partial charge in [-0.3, -0.25) is 0 Å². The van der Waals surface area contributed by atoms with Crippen molar-refractivity contribution in [2.45, 2.75) is 0 Å². The largest absolute Gasteiger partial charge is 0.478 e. The van der Waals surface area contributed by atoms with Crippen molar-refractivity contribution in [3.05, 3.63) is 52.8 Å². The molecule has 4 N–H and O–H groups in total. The quantitative estimate of drug-likeness (QED) is 0.752. The Hall–Kier alpha value is -2.27. The van der Waals surface area contributed by atoms with Gasteiger partial charge in [0.1, 0.15) is 5.82 Å². The van der Waals surface area contributed by atoms with Gasteiger partial charge in [0, 0.05) is 11.4 Å². The van der Waals surface area contributed by atoms with E-state index >= 15 is 0 Å². The van der Waals surface area contributed by atoms with Crippen molar-refractivity contribution in [2.75, 3.05) is 11.1 Å².